The highest BCUT2D eigenvalue weighted by Crippen LogP contribution is 2.25. The number of hydrogen-bond acceptors (Lipinski definition) is 4. The first kappa shape index (κ1) is 14.9. The molecule has 1 fully saturated rings. The zero-order valence-corrected chi connectivity index (χ0v) is 11.9. The number of piperidine rings is 1. The van der Waals surface area contributed by atoms with Gasteiger partial charge in [-0.05, 0) is 44.3 Å². The third-order valence-corrected chi connectivity index (χ3v) is 4.82. The van der Waals surface area contributed by atoms with Crippen LogP contribution < -0.4 is 5.73 Å². The Labute approximate surface area is 105 Å². The van der Waals surface area contributed by atoms with Crippen molar-refractivity contribution in [3.05, 3.63) is 0 Å². The zero-order valence-electron chi connectivity index (χ0n) is 11.1. The lowest BCUT2D eigenvalue weighted by molar-refractivity contribution is 0.120. The SMILES string of the molecule is CCC1CN(CCCS(C)(=O)=O)CCC1CN. The standard InChI is InChI=1S/C12H26N2O2S/c1-3-11-10-14(7-5-12(11)9-13)6-4-8-17(2,15)16/h11-12H,3-10,13H2,1-2H3. The molecule has 5 heteroatoms. The normalized spacial score (nSPS) is 27.2. The first-order valence-electron chi connectivity index (χ1n) is 6.56. The molecule has 0 saturated carbocycles. The van der Waals surface area contributed by atoms with Crippen LogP contribution in [0.2, 0.25) is 0 Å². The second kappa shape index (κ2) is 6.71. The van der Waals surface area contributed by atoms with Gasteiger partial charge in [0.05, 0.1) is 5.75 Å². The predicted molar refractivity (Wildman–Crippen MR) is 71.7 cm³/mol. The topological polar surface area (TPSA) is 63.4 Å². The van der Waals surface area contributed by atoms with E-state index in [0.29, 0.717) is 17.6 Å². The highest BCUT2D eigenvalue weighted by molar-refractivity contribution is 7.90. The third kappa shape index (κ3) is 5.36. The van der Waals surface area contributed by atoms with Crippen LogP contribution in [0, 0.1) is 11.8 Å². The summed E-state index contributed by atoms with van der Waals surface area (Å²) in [6.45, 7) is 6.06. The Balaban J connectivity index is 2.32. The van der Waals surface area contributed by atoms with Gasteiger partial charge in [-0.2, -0.15) is 0 Å². The van der Waals surface area contributed by atoms with Crippen molar-refractivity contribution in [2.45, 2.75) is 26.2 Å². The average Bonchev–Trinajstić information content (AvgIpc) is 2.27. The fourth-order valence-electron chi connectivity index (χ4n) is 2.68. The maximum atomic E-state index is 11.1. The molecule has 0 bridgehead atoms. The molecule has 0 aromatic rings. The zero-order chi connectivity index (χ0) is 12.9. The van der Waals surface area contributed by atoms with Crippen LogP contribution in [0.5, 0.6) is 0 Å². The summed E-state index contributed by atoms with van der Waals surface area (Å²) in [5.74, 6) is 1.65. The van der Waals surface area contributed by atoms with Crippen LogP contribution in [0.1, 0.15) is 26.2 Å². The third-order valence-electron chi connectivity index (χ3n) is 3.79. The van der Waals surface area contributed by atoms with E-state index in [-0.39, 0.29) is 0 Å². The molecule has 0 aromatic carbocycles. The predicted octanol–water partition coefficient (Wildman–Crippen LogP) is 0.728. The molecule has 0 aliphatic carbocycles. The Morgan fingerprint density at radius 2 is 2.06 bits per heavy atom. The van der Waals surface area contributed by atoms with Crippen molar-refractivity contribution in [2.75, 3.05) is 38.2 Å². The molecule has 102 valence electrons. The van der Waals surface area contributed by atoms with E-state index in [1.165, 1.54) is 12.7 Å². The highest BCUT2D eigenvalue weighted by Gasteiger charge is 2.26. The minimum atomic E-state index is -2.81. The summed E-state index contributed by atoms with van der Waals surface area (Å²) >= 11 is 0. The van der Waals surface area contributed by atoms with Gasteiger partial charge < -0.3 is 10.6 Å². The van der Waals surface area contributed by atoms with E-state index in [1.54, 1.807) is 0 Å². The molecule has 0 amide bonds. The Kier molecular flexibility index (Phi) is 5.89. The highest BCUT2D eigenvalue weighted by atomic mass is 32.2. The van der Waals surface area contributed by atoms with E-state index in [1.807, 2.05) is 0 Å². The minimum Gasteiger partial charge on any atom is -0.330 e. The Morgan fingerprint density at radius 1 is 1.35 bits per heavy atom. The van der Waals surface area contributed by atoms with Gasteiger partial charge in [0, 0.05) is 12.8 Å². The summed E-state index contributed by atoms with van der Waals surface area (Å²) in [4.78, 5) is 2.39. The lowest BCUT2D eigenvalue weighted by Gasteiger charge is -2.37. The second-order valence-electron chi connectivity index (χ2n) is 5.24. The lowest BCUT2D eigenvalue weighted by Crippen LogP contribution is -2.43. The molecule has 17 heavy (non-hydrogen) atoms. The summed E-state index contributed by atoms with van der Waals surface area (Å²) in [6, 6.07) is 0. The molecule has 0 spiro atoms. The van der Waals surface area contributed by atoms with Crippen molar-refractivity contribution < 1.29 is 8.42 Å². The van der Waals surface area contributed by atoms with Crippen LogP contribution in [0.25, 0.3) is 0 Å². The quantitative estimate of drug-likeness (QED) is 0.766. The van der Waals surface area contributed by atoms with Gasteiger partial charge in [0.15, 0.2) is 0 Å². The molecule has 1 heterocycles. The van der Waals surface area contributed by atoms with Crippen molar-refractivity contribution >= 4 is 9.84 Å². The van der Waals surface area contributed by atoms with E-state index in [0.717, 1.165) is 39.0 Å². The number of likely N-dealkylation sites (tertiary alicyclic amines) is 1. The summed E-state index contributed by atoms with van der Waals surface area (Å²) in [6.07, 6.45) is 4.39. The molecule has 0 radical (unpaired) electrons. The largest absolute Gasteiger partial charge is 0.330 e. The van der Waals surface area contributed by atoms with Gasteiger partial charge in [-0.1, -0.05) is 13.3 Å². The number of nitrogens with two attached hydrogens (primary N) is 1. The van der Waals surface area contributed by atoms with Gasteiger partial charge in [0.1, 0.15) is 9.84 Å². The molecule has 2 unspecified atom stereocenters. The van der Waals surface area contributed by atoms with E-state index >= 15 is 0 Å². The van der Waals surface area contributed by atoms with Crippen LogP contribution in [0.4, 0.5) is 0 Å². The fourth-order valence-corrected chi connectivity index (χ4v) is 3.34. The molecule has 1 aliphatic heterocycles. The van der Waals surface area contributed by atoms with Crippen LogP contribution in [0.15, 0.2) is 0 Å². The van der Waals surface area contributed by atoms with E-state index in [2.05, 4.69) is 11.8 Å². The van der Waals surface area contributed by atoms with E-state index in [4.69, 9.17) is 5.73 Å². The van der Waals surface area contributed by atoms with Gasteiger partial charge in [-0.15, -0.1) is 0 Å². The summed E-state index contributed by atoms with van der Waals surface area (Å²) < 4.78 is 22.1. The number of rotatable bonds is 6. The van der Waals surface area contributed by atoms with Crippen molar-refractivity contribution in [3.63, 3.8) is 0 Å². The van der Waals surface area contributed by atoms with Crippen LogP contribution in [-0.2, 0) is 9.84 Å². The first-order valence-corrected chi connectivity index (χ1v) is 8.62. The number of hydrogen-bond donors (Lipinski definition) is 1. The maximum Gasteiger partial charge on any atom is 0.147 e. The lowest BCUT2D eigenvalue weighted by atomic mass is 9.84. The molecule has 4 nitrogen and oxygen atoms in total. The molecule has 1 aliphatic rings. The molecular weight excluding hydrogens is 236 g/mol. The molecular formula is C12H26N2O2S. The molecule has 2 atom stereocenters. The van der Waals surface area contributed by atoms with Gasteiger partial charge in [-0.25, -0.2) is 8.42 Å². The number of nitrogens with zero attached hydrogens (tertiary/aromatic N) is 1. The Bertz CT molecular complexity index is 316. The summed E-state index contributed by atoms with van der Waals surface area (Å²) in [5.41, 5.74) is 5.77. The molecule has 1 saturated heterocycles. The fraction of sp³-hybridized carbons (Fsp3) is 1.00. The van der Waals surface area contributed by atoms with Crippen molar-refractivity contribution in [1.29, 1.82) is 0 Å². The molecule has 0 aromatic heterocycles. The maximum absolute atomic E-state index is 11.1. The smallest absolute Gasteiger partial charge is 0.147 e. The van der Waals surface area contributed by atoms with Crippen LogP contribution in [-0.4, -0.2) is 51.5 Å². The van der Waals surface area contributed by atoms with E-state index < -0.39 is 9.84 Å². The monoisotopic (exact) mass is 262 g/mol. The first-order chi connectivity index (χ1) is 7.96. The minimum absolute atomic E-state index is 0.306. The second-order valence-corrected chi connectivity index (χ2v) is 7.50. The van der Waals surface area contributed by atoms with Gasteiger partial charge in [0.25, 0.3) is 0 Å². The Morgan fingerprint density at radius 3 is 2.59 bits per heavy atom. The van der Waals surface area contributed by atoms with Crippen LogP contribution >= 0.6 is 0 Å². The van der Waals surface area contributed by atoms with Crippen molar-refractivity contribution in [1.82, 2.24) is 4.90 Å². The van der Waals surface area contributed by atoms with Gasteiger partial charge >= 0.3 is 0 Å². The van der Waals surface area contributed by atoms with Crippen molar-refractivity contribution in [2.24, 2.45) is 17.6 Å². The summed E-state index contributed by atoms with van der Waals surface area (Å²) in [5, 5.41) is 0. The van der Waals surface area contributed by atoms with E-state index in [9.17, 15) is 8.42 Å². The average molecular weight is 262 g/mol. The summed E-state index contributed by atoms with van der Waals surface area (Å²) in [7, 11) is -2.81. The Hall–Kier alpha value is -0.130. The van der Waals surface area contributed by atoms with Gasteiger partial charge in [0.2, 0.25) is 0 Å². The molecule has 1 rings (SSSR count). The number of sulfone groups is 1. The van der Waals surface area contributed by atoms with Crippen LogP contribution in [0.3, 0.4) is 0 Å². The van der Waals surface area contributed by atoms with Gasteiger partial charge in [-0.3, -0.25) is 0 Å². The molecule has 2 N–H and O–H groups in total. The van der Waals surface area contributed by atoms with Crippen molar-refractivity contribution in [3.8, 4) is 0 Å².